The lowest BCUT2D eigenvalue weighted by Crippen LogP contribution is -2.74. The molecule has 210 valence electrons. The second-order valence-electron chi connectivity index (χ2n) is 10.3. The maximum absolute atomic E-state index is 14.6. The number of carbonyl (C=O) groups excluding carboxylic acids is 3. The van der Waals surface area contributed by atoms with Crippen molar-refractivity contribution in [3.05, 3.63) is 47.9 Å². The maximum Gasteiger partial charge on any atom is 0.309 e. The van der Waals surface area contributed by atoms with Crippen LogP contribution in [0.25, 0.3) is 0 Å². The number of piperazine rings is 1. The van der Waals surface area contributed by atoms with Gasteiger partial charge in [-0.25, -0.2) is 0 Å². The summed E-state index contributed by atoms with van der Waals surface area (Å²) < 4.78 is 11.4. The summed E-state index contributed by atoms with van der Waals surface area (Å²) in [5, 5.41) is 21.1. The Kier molecular flexibility index (Phi) is 7.69. The number of thioether (sulfide) groups is 2. The number of aliphatic hydroxyl groups is 1. The van der Waals surface area contributed by atoms with E-state index in [2.05, 4.69) is 6.92 Å². The minimum absolute atomic E-state index is 0.0451. The molecule has 0 spiro atoms. The Morgan fingerprint density at radius 3 is 2.67 bits per heavy atom. The first-order chi connectivity index (χ1) is 18.7. The molecular weight excluding hydrogens is 540 g/mol. The predicted octanol–water partition coefficient (Wildman–Crippen LogP) is 3.69. The topological polar surface area (TPSA) is 117 Å². The fourth-order valence-corrected chi connectivity index (χ4v) is 8.08. The molecule has 0 aliphatic carbocycles. The Hall–Kier alpha value is -2.63. The van der Waals surface area contributed by atoms with Gasteiger partial charge in [0.2, 0.25) is 0 Å². The number of phenols is 1. The van der Waals surface area contributed by atoms with Gasteiger partial charge in [-0.1, -0.05) is 38.3 Å². The van der Waals surface area contributed by atoms with Crippen molar-refractivity contribution in [1.29, 1.82) is 0 Å². The molecule has 2 amide bonds. The van der Waals surface area contributed by atoms with Gasteiger partial charge in [0, 0.05) is 12.8 Å². The highest BCUT2D eigenvalue weighted by molar-refractivity contribution is 8.01. The lowest BCUT2D eigenvalue weighted by Gasteiger charge is -2.52. The summed E-state index contributed by atoms with van der Waals surface area (Å²) in [5.41, 5.74) is 1.76. The van der Waals surface area contributed by atoms with Gasteiger partial charge in [-0.15, -0.1) is 23.5 Å². The second-order valence-corrected chi connectivity index (χ2v) is 12.5. The average Bonchev–Trinajstić information content (AvgIpc) is 3.38. The molecule has 4 aliphatic rings. The Balaban J connectivity index is 1.50. The van der Waals surface area contributed by atoms with Crippen LogP contribution in [0.1, 0.15) is 51.0 Å². The Morgan fingerprint density at radius 2 is 1.95 bits per heavy atom. The van der Waals surface area contributed by atoms with Gasteiger partial charge < -0.3 is 24.6 Å². The van der Waals surface area contributed by atoms with E-state index >= 15 is 0 Å². The fraction of sp³-hybridized carbons (Fsp3) is 0.536. The first kappa shape index (κ1) is 27.9. The van der Waals surface area contributed by atoms with Crippen LogP contribution in [0.5, 0.6) is 5.75 Å². The molecule has 39 heavy (non-hydrogen) atoms. The van der Waals surface area contributed by atoms with Crippen LogP contribution in [-0.2, 0) is 30.3 Å². The summed E-state index contributed by atoms with van der Waals surface area (Å²) in [4.78, 5) is 42.4. The number of fused-ring (bicyclic) bond motifs is 6. The van der Waals surface area contributed by atoms with Crippen molar-refractivity contribution in [3.63, 3.8) is 0 Å². The largest absolute Gasteiger partial charge is 0.506 e. The van der Waals surface area contributed by atoms with Crippen molar-refractivity contribution in [1.82, 2.24) is 4.90 Å². The number of amides is 2. The molecule has 1 aromatic rings. The molecule has 5 rings (SSSR count). The van der Waals surface area contributed by atoms with Crippen molar-refractivity contribution in [3.8, 4) is 5.75 Å². The molecule has 2 fully saturated rings. The number of esters is 1. The van der Waals surface area contributed by atoms with E-state index in [1.54, 1.807) is 29.6 Å². The monoisotopic (exact) mass is 574 g/mol. The summed E-state index contributed by atoms with van der Waals surface area (Å²) in [7, 11) is 0. The lowest BCUT2D eigenvalue weighted by atomic mass is 10.0. The van der Waals surface area contributed by atoms with Crippen LogP contribution in [0, 0.1) is 0 Å². The normalized spacial score (nSPS) is 29.6. The van der Waals surface area contributed by atoms with Gasteiger partial charge in [-0.2, -0.15) is 0 Å². The SMILES string of the molecule is CCCCC[C@H](O)CC(=O)O[C@H]1C=COC=C2C[C@@]3(SC)C(=O)N4c5c(O)cccc5C[C@@]4(SC)C(=O)N3[C@@H]21. The second kappa shape index (κ2) is 10.7. The van der Waals surface area contributed by atoms with Crippen LogP contribution in [0.3, 0.4) is 0 Å². The van der Waals surface area contributed by atoms with Crippen LogP contribution in [-0.4, -0.2) is 73.4 Å². The summed E-state index contributed by atoms with van der Waals surface area (Å²) in [6.07, 6.45) is 9.97. The van der Waals surface area contributed by atoms with Crippen LogP contribution in [0.4, 0.5) is 5.69 Å². The summed E-state index contributed by atoms with van der Waals surface area (Å²) in [6.45, 7) is 2.07. The van der Waals surface area contributed by atoms with Crippen molar-refractivity contribution < 1.29 is 34.1 Å². The molecule has 11 heteroatoms. The molecule has 0 bridgehead atoms. The summed E-state index contributed by atoms with van der Waals surface area (Å²) in [6, 6.07) is 4.31. The molecule has 1 aromatic carbocycles. The van der Waals surface area contributed by atoms with Gasteiger partial charge in [-0.3, -0.25) is 19.3 Å². The third-order valence-corrected chi connectivity index (χ3v) is 10.4. The highest BCUT2D eigenvalue weighted by Gasteiger charge is 2.71. The van der Waals surface area contributed by atoms with E-state index < -0.39 is 34.0 Å². The van der Waals surface area contributed by atoms with Gasteiger partial charge in [0.05, 0.1) is 36.8 Å². The van der Waals surface area contributed by atoms with Crippen LogP contribution in [0.15, 0.2) is 42.4 Å². The molecule has 0 radical (unpaired) electrons. The summed E-state index contributed by atoms with van der Waals surface area (Å²) >= 11 is 2.51. The van der Waals surface area contributed by atoms with Gasteiger partial charge in [-0.05, 0) is 42.2 Å². The van der Waals surface area contributed by atoms with E-state index in [-0.39, 0.29) is 36.8 Å². The zero-order chi connectivity index (χ0) is 27.9. The maximum atomic E-state index is 14.6. The standard InChI is InChI=1S/C28H34N2O7S2/c1-4-5-6-9-19(31)13-22(33)37-21-11-12-36-16-18-15-28(39-3)25(34)29-23-17(8-7-10-20(23)32)14-27(29,38-2)26(35)30(28)24(18)21/h7-8,10-12,16,19,21,24,31-32H,4-6,9,13-15H2,1-3H3/t19-,21-,24-,27+,28+/m0/s1. The Bertz CT molecular complexity index is 1240. The number of nitrogens with zero attached hydrogens (tertiary/aromatic N) is 2. The number of phenolic OH excluding ortho intramolecular Hbond substituents is 1. The molecule has 0 saturated carbocycles. The number of ether oxygens (including phenoxy) is 2. The number of carbonyl (C=O) groups is 3. The minimum Gasteiger partial charge on any atom is -0.506 e. The van der Waals surface area contributed by atoms with Gasteiger partial charge in [0.15, 0.2) is 9.74 Å². The first-order valence-electron chi connectivity index (χ1n) is 13.2. The van der Waals surface area contributed by atoms with Crippen molar-refractivity contribution in [2.75, 3.05) is 17.4 Å². The molecule has 0 aromatic heterocycles. The number of hydrogen-bond donors (Lipinski definition) is 2. The zero-order valence-electron chi connectivity index (χ0n) is 22.3. The minimum atomic E-state index is -1.31. The van der Waals surface area contributed by atoms with Crippen LogP contribution < -0.4 is 4.90 Å². The number of hydrogen-bond acceptors (Lipinski definition) is 9. The Morgan fingerprint density at radius 1 is 1.18 bits per heavy atom. The van der Waals surface area contributed by atoms with Crippen LogP contribution >= 0.6 is 23.5 Å². The van der Waals surface area contributed by atoms with Gasteiger partial charge >= 0.3 is 5.97 Å². The molecule has 2 N–H and O–H groups in total. The number of rotatable bonds is 9. The number of benzene rings is 1. The van der Waals surface area contributed by atoms with E-state index in [1.807, 2.05) is 6.07 Å². The molecule has 4 heterocycles. The summed E-state index contributed by atoms with van der Waals surface area (Å²) in [5.74, 6) is -1.22. The van der Waals surface area contributed by atoms with Crippen LogP contribution in [0.2, 0.25) is 0 Å². The highest BCUT2D eigenvalue weighted by atomic mass is 32.2. The van der Waals surface area contributed by atoms with Gasteiger partial charge in [0.25, 0.3) is 11.8 Å². The fourth-order valence-electron chi connectivity index (χ4n) is 6.18. The average molecular weight is 575 g/mol. The van der Waals surface area contributed by atoms with E-state index in [4.69, 9.17) is 9.47 Å². The molecular formula is C28H34N2O7S2. The lowest BCUT2D eigenvalue weighted by molar-refractivity contribution is -0.158. The van der Waals surface area contributed by atoms with E-state index in [1.165, 1.54) is 47.0 Å². The van der Waals surface area contributed by atoms with E-state index in [9.17, 15) is 24.6 Å². The third kappa shape index (κ3) is 4.33. The molecule has 0 unspecified atom stereocenters. The highest BCUT2D eigenvalue weighted by Crippen LogP contribution is 2.59. The van der Waals surface area contributed by atoms with Crippen molar-refractivity contribution >= 4 is 47.0 Å². The Labute approximate surface area is 236 Å². The molecule has 5 atom stereocenters. The number of para-hydroxylation sites is 1. The van der Waals surface area contributed by atoms with E-state index in [0.29, 0.717) is 17.7 Å². The number of unbranched alkanes of at least 4 members (excludes halogenated alkanes) is 2. The molecule has 2 saturated heterocycles. The van der Waals surface area contributed by atoms with E-state index in [0.717, 1.165) is 24.8 Å². The predicted molar refractivity (Wildman–Crippen MR) is 150 cm³/mol. The quantitative estimate of drug-likeness (QED) is 0.336. The smallest absolute Gasteiger partial charge is 0.309 e. The first-order valence-corrected chi connectivity index (χ1v) is 15.7. The van der Waals surface area contributed by atoms with Crippen molar-refractivity contribution in [2.45, 2.75) is 79.9 Å². The molecule has 9 nitrogen and oxygen atoms in total. The number of aromatic hydroxyl groups is 1. The molecule has 4 aliphatic heterocycles. The third-order valence-electron chi connectivity index (χ3n) is 8.06. The zero-order valence-corrected chi connectivity index (χ0v) is 23.9. The number of aliphatic hydroxyl groups excluding tert-OH is 1. The number of anilines is 1. The van der Waals surface area contributed by atoms with Gasteiger partial charge in [0.1, 0.15) is 11.9 Å². The van der Waals surface area contributed by atoms with Crippen molar-refractivity contribution in [2.24, 2.45) is 0 Å².